The summed E-state index contributed by atoms with van der Waals surface area (Å²) in [4.78, 5) is 23.7. The van der Waals surface area contributed by atoms with Crippen molar-refractivity contribution >= 4 is 33.5 Å². The van der Waals surface area contributed by atoms with Gasteiger partial charge >= 0.3 is 5.97 Å². The molecule has 0 aliphatic carbocycles. The predicted molar refractivity (Wildman–Crippen MR) is 94.8 cm³/mol. The van der Waals surface area contributed by atoms with Gasteiger partial charge in [0.25, 0.3) is 5.91 Å². The maximum Gasteiger partial charge on any atom is 0.310 e. The summed E-state index contributed by atoms with van der Waals surface area (Å²) in [6.45, 7) is 1.56. The summed E-state index contributed by atoms with van der Waals surface area (Å²) in [6, 6.07) is 13.3. The molecule has 0 spiro atoms. The number of anilines is 1. The topological polar surface area (TPSA) is 64.6 Å². The largest absolute Gasteiger partial charge is 0.493 e. The summed E-state index contributed by atoms with van der Waals surface area (Å²) in [5.41, 5.74) is 0.0171. The molecular formula is C18H17BrFNO4. The predicted octanol–water partition coefficient (Wildman–Crippen LogP) is 3.93. The van der Waals surface area contributed by atoms with E-state index < -0.39 is 23.8 Å². The highest BCUT2D eigenvalue weighted by Gasteiger charge is 2.19. The van der Waals surface area contributed by atoms with Crippen molar-refractivity contribution < 1.29 is 23.5 Å². The summed E-state index contributed by atoms with van der Waals surface area (Å²) in [6.07, 6.45) is -1.05. The van der Waals surface area contributed by atoms with Gasteiger partial charge in [0.1, 0.15) is 11.6 Å². The first-order chi connectivity index (χ1) is 12.0. The number of carbonyl (C=O) groups is 2. The first-order valence-electron chi connectivity index (χ1n) is 7.59. The Bertz CT molecular complexity index is 739. The van der Waals surface area contributed by atoms with E-state index in [9.17, 15) is 14.0 Å². The summed E-state index contributed by atoms with van der Waals surface area (Å²) in [5.74, 6) is -1.13. The molecule has 1 atom stereocenters. The van der Waals surface area contributed by atoms with Gasteiger partial charge in [-0.1, -0.05) is 34.1 Å². The third-order valence-corrected chi connectivity index (χ3v) is 3.68. The van der Waals surface area contributed by atoms with E-state index in [4.69, 9.17) is 9.47 Å². The number of amides is 1. The third-order valence-electron chi connectivity index (χ3n) is 3.18. The van der Waals surface area contributed by atoms with Crippen LogP contribution in [-0.2, 0) is 14.3 Å². The molecule has 0 fully saturated rings. The summed E-state index contributed by atoms with van der Waals surface area (Å²) >= 11 is 3.13. The maximum absolute atomic E-state index is 13.7. The second kappa shape index (κ2) is 9.17. The lowest BCUT2D eigenvalue weighted by molar-refractivity contribution is -0.153. The Hall–Kier alpha value is -2.41. The Morgan fingerprint density at radius 3 is 2.60 bits per heavy atom. The number of esters is 1. The van der Waals surface area contributed by atoms with Gasteiger partial charge in [0.15, 0.2) is 6.10 Å². The number of nitrogens with one attached hydrogen (secondary N) is 1. The fourth-order valence-electron chi connectivity index (χ4n) is 1.90. The summed E-state index contributed by atoms with van der Waals surface area (Å²) in [5, 5.41) is 2.38. The molecule has 0 aliphatic rings. The van der Waals surface area contributed by atoms with Crippen LogP contribution in [0.15, 0.2) is 53.0 Å². The third kappa shape index (κ3) is 6.19. The lowest BCUT2D eigenvalue weighted by Crippen LogP contribution is -2.30. The van der Waals surface area contributed by atoms with E-state index in [2.05, 4.69) is 21.2 Å². The van der Waals surface area contributed by atoms with E-state index in [-0.39, 0.29) is 18.7 Å². The molecule has 7 heteroatoms. The molecule has 0 radical (unpaired) electrons. The highest BCUT2D eigenvalue weighted by Crippen LogP contribution is 2.19. The number of hydrogen-bond acceptors (Lipinski definition) is 4. The normalized spacial score (nSPS) is 11.5. The monoisotopic (exact) mass is 409 g/mol. The van der Waals surface area contributed by atoms with Gasteiger partial charge < -0.3 is 14.8 Å². The molecule has 0 aromatic heterocycles. The van der Waals surface area contributed by atoms with Gasteiger partial charge in [-0.15, -0.1) is 0 Å². The van der Waals surface area contributed by atoms with Gasteiger partial charge in [0, 0.05) is 4.47 Å². The zero-order valence-electron chi connectivity index (χ0n) is 13.5. The van der Waals surface area contributed by atoms with Crippen molar-refractivity contribution in [3.63, 3.8) is 0 Å². The minimum absolute atomic E-state index is 0.000834. The van der Waals surface area contributed by atoms with E-state index in [1.165, 1.54) is 19.1 Å². The van der Waals surface area contributed by atoms with E-state index >= 15 is 0 Å². The van der Waals surface area contributed by atoms with Crippen molar-refractivity contribution in [3.05, 3.63) is 58.8 Å². The number of para-hydroxylation sites is 1. The highest BCUT2D eigenvalue weighted by molar-refractivity contribution is 9.10. The van der Waals surface area contributed by atoms with E-state index in [1.807, 2.05) is 18.2 Å². The highest BCUT2D eigenvalue weighted by atomic mass is 79.9. The molecule has 0 saturated heterocycles. The zero-order chi connectivity index (χ0) is 18.2. The molecule has 1 unspecified atom stereocenters. The number of halogens is 2. The van der Waals surface area contributed by atoms with Crippen molar-refractivity contribution in [1.82, 2.24) is 0 Å². The van der Waals surface area contributed by atoms with E-state index in [0.29, 0.717) is 10.2 Å². The molecule has 0 bridgehead atoms. The first-order valence-corrected chi connectivity index (χ1v) is 8.38. The standard InChI is InChI=1S/C18H17BrFNO4/c1-12(18(23)21-16-8-7-13(19)11-15(16)20)25-17(22)9-10-24-14-5-3-2-4-6-14/h2-8,11-12H,9-10H2,1H3,(H,21,23). The van der Waals surface area contributed by atoms with Gasteiger partial charge in [-0.25, -0.2) is 4.39 Å². The van der Waals surface area contributed by atoms with E-state index in [1.54, 1.807) is 18.2 Å². The minimum atomic E-state index is -1.05. The van der Waals surface area contributed by atoms with Crippen molar-refractivity contribution in [2.45, 2.75) is 19.4 Å². The van der Waals surface area contributed by atoms with Gasteiger partial charge in [0.05, 0.1) is 18.7 Å². The van der Waals surface area contributed by atoms with Gasteiger partial charge in [-0.05, 0) is 37.3 Å². The van der Waals surface area contributed by atoms with Gasteiger partial charge in [-0.2, -0.15) is 0 Å². The Kier molecular flexibility index (Phi) is 6.94. The van der Waals surface area contributed by atoms with Crippen LogP contribution in [0.25, 0.3) is 0 Å². The Morgan fingerprint density at radius 2 is 1.92 bits per heavy atom. The lowest BCUT2D eigenvalue weighted by Gasteiger charge is -2.14. The van der Waals surface area contributed by atoms with E-state index in [0.717, 1.165) is 0 Å². The molecule has 2 aromatic rings. The lowest BCUT2D eigenvalue weighted by atomic mass is 10.3. The Balaban J connectivity index is 1.77. The average Bonchev–Trinajstić information content (AvgIpc) is 2.58. The number of carbonyl (C=O) groups excluding carboxylic acids is 2. The maximum atomic E-state index is 13.7. The molecule has 0 saturated carbocycles. The molecule has 0 aliphatic heterocycles. The fraction of sp³-hybridized carbons (Fsp3) is 0.222. The number of rotatable bonds is 7. The van der Waals surface area contributed by atoms with Crippen LogP contribution in [0.1, 0.15) is 13.3 Å². The molecule has 2 aromatic carbocycles. The molecule has 1 N–H and O–H groups in total. The molecular weight excluding hydrogens is 393 g/mol. The van der Waals surface area contributed by atoms with Crippen LogP contribution < -0.4 is 10.1 Å². The summed E-state index contributed by atoms with van der Waals surface area (Å²) < 4.78 is 24.7. The Labute approximate surface area is 153 Å². The van der Waals surface area contributed by atoms with Crippen LogP contribution in [0.2, 0.25) is 0 Å². The smallest absolute Gasteiger partial charge is 0.310 e. The van der Waals surface area contributed by atoms with Crippen molar-refractivity contribution in [2.75, 3.05) is 11.9 Å². The molecule has 1 amide bonds. The number of ether oxygens (including phenoxy) is 2. The van der Waals surface area contributed by atoms with Crippen molar-refractivity contribution in [2.24, 2.45) is 0 Å². The fourth-order valence-corrected chi connectivity index (χ4v) is 2.24. The van der Waals surface area contributed by atoms with Crippen LogP contribution in [0.3, 0.4) is 0 Å². The zero-order valence-corrected chi connectivity index (χ0v) is 15.1. The van der Waals surface area contributed by atoms with Crippen LogP contribution >= 0.6 is 15.9 Å². The first kappa shape index (κ1) is 18.9. The molecule has 0 heterocycles. The quantitative estimate of drug-likeness (QED) is 0.703. The molecule has 25 heavy (non-hydrogen) atoms. The number of hydrogen-bond donors (Lipinski definition) is 1. The molecule has 132 valence electrons. The van der Waals surface area contributed by atoms with Crippen LogP contribution in [0.4, 0.5) is 10.1 Å². The van der Waals surface area contributed by atoms with Crippen molar-refractivity contribution in [3.8, 4) is 5.75 Å². The second-order valence-electron chi connectivity index (χ2n) is 5.16. The average molecular weight is 410 g/mol. The molecule has 2 rings (SSSR count). The van der Waals surface area contributed by atoms with Crippen LogP contribution in [-0.4, -0.2) is 24.6 Å². The van der Waals surface area contributed by atoms with Crippen LogP contribution in [0, 0.1) is 5.82 Å². The Morgan fingerprint density at radius 1 is 1.20 bits per heavy atom. The second-order valence-corrected chi connectivity index (χ2v) is 6.07. The SMILES string of the molecule is CC(OC(=O)CCOc1ccccc1)C(=O)Nc1ccc(Br)cc1F. The minimum Gasteiger partial charge on any atom is -0.493 e. The van der Waals surface area contributed by atoms with Crippen molar-refractivity contribution in [1.29, 1.82) is 0 Å². The molecule has 5 nitrogen and oxygen atoms in total. The summed E-state index contributed by atoms with van der Waals surface area (Å²) in [7, 11) is 0. The van der Waals surface area contributed by atoms with Gasteiger partial charge in [0.2, 0.25) is 0 Å². The van der Waals surface area contributed by atoms with Crippen LogP contribution in [0.5, 0.6) is 5.75 Å². The van der Waals surface area contributed by atoms with Gasteiger partial charge in [-0.3, -0.25) is 9.59 Å². The number of benzene rings is 2.